The van der Waals surface area contributed by atoms with Crippen molar-refractivity contribution in [2.45, 2.75) is 51.5 Å². The van der Waals surface area contributed by atoms with E-state index in [1.165, 1.54) is 18.2 Å². The SMILES string of the molecule is Cc1cc(N2C[C@H]3CC[C@@H](C2)C3Cc2nc(Oc3ccc(F)c(Cl)c3)n(CC3CC(F)(F)C3)n2)ncn1. The lowest BCUT2D eigenvalue weighted by atomic mass is 9.81. The zero-order valence-corrected chi connectivity index (χ0v) is 21.2. The van der Waals surface area contributed by atoms with Crippen LogP contribution in [0.25, 0.3) is 0 Å². The quantitative estimate of drug-likeness (QED) is 0.388. The van der Waals surface area contributed by atoms with E-state index in [9.17, 15) is 13.2 Å². The lowest BCUT2D eigenvalue weighted by Gasteiger charge is -2.38. The van der Waals surface area contributed by atoms with E-state index in [2.05, 4.69) is 25.0 Å². The Hall–Kier alpha value is -2.88. The summed E-state index contributed by atoms with van der Waals surface area (Å²) in [6.07, 6.45) is 4.25. The fourth-order valence-corrected chi connectivity index (χ4v) is 6.31. The molecule has 2 saturated carbocycles. The van der Waals surface area contributed by atoms with Gasteiger partial charge in [0.2, 0.25) is 5.92 Å². The number of anilines is 1. The molecule has 11 heteroatoms. The summed E-state index contributed by atoms with van der Waals surface area (Å²) in [5, 5.41) is 4.62. The van der Waals surface area contributed by atoms with Gasteiger partial charge in [-0.05, 0) is 55.6 Å². The molecular formula is C26H28ClF3N6O. The van der Waals surface area contributed by atoms with E-state index < -0.39 is 11.7 Å². The third-order valence-corrected chi connectivity index (χ3v) is 8.24. The van der Waals surface area contributed by atoms with Crippen LogP contribution in [0.4, 0.5) is 19.0 Å². The molecule has 2 bridgehead atoms. The first kappa shape index (κ1) is 24.5. The van der Waals surface area contributed by atoms with E-state index in [0.717, 1.165) is 37.4 Å². The van der Waals surface area contributed by atoms with Gasteiger partial charge in [0.25, 0.3) is 0 Å². The molecule has 1 aromatic carbocycles. The third-order valence-electron chi connectivity index (χ3n) is 7.95. The number of halogens is 4. The highest BCUT2D eigenvalue weighted by atomic mass is 35.5. The molecule has 3 aromatic rings. The van der Waals surface area contributed by atoms with Crippen LogP contribution < -0.4 is 9.64 Å². The van der Waals surface area contributed by atoms with Gasteiger partial charge in [0.15, 0.2) is 5.82 Å². The predicted octanol–water partition coefficient (Wildman–Crippen LogP) is 5.71. The van der Waals surface area contributed by atoms with Crippen LogP contribution in [-0.2, 0) is 13.0 Å². The van der Waals surface area contributed by atoms with E-state index >= 15 is 0 Å². The Morgan fingerprint density at radius 3 is 2.54 bits per heavy atom. The molecule has 0 spiro atoms. The minimum atomic E-state index is -2.62. The van der Waals surface area contributed by atoms with Crippen molar-refractivity contribution in [2.24, 2.45) is 23.7 Å². The summed E-state index contributed by atoms with van der Waals surface area (Å²) in [6, 6.07) is 6.29. The lowest BCUT2D eigenvalue weighted by molar-refractivity contribution is -0.115. The minimum absolute atomic E-state index is 0.0651. The molecule has 3 fully saturated rings. The van der Waals surface area contributed by atoms with E-state index in [0.29, 0.717) is 42.3 Å². The smallest absolute Gasteiger partial charge is 0.320 e. The summed E-state index contributed by atoms with van der Waals surface area (Å²) >= 11 is 5.91. The van der Waals surface area contributed by atoms with Crippen LogP contribution in [0, 0.1) is 36.4 Å². The molecule has 3 atom stereocenters. The standard InChI is InChI=1S/C26H28ClF3N6O/c1-15-6-24(32-14-31-15)35-12-17-2-3-18(13-35)20(17)8-23-33-25(37-19-4-5-22(28)21(27)7-19)36(34-23)11-16-9-26(29,30)10-16/h4-7,14,16-18,20H,2-3,8-13H2,1H3/t17-,18+,20?. The first-order chi connectivity index (χ1) is 17.7. The second-order valence-electron chi connectivity index (χ2n) is 10.7. The second kappa shape index (κ2) is 9.45. The molecule has 0 N–H and O–H groups in total. The number of fused-ring (bicyclic) bond motifs is 2. The molecule has 3 heterocycles. The molecule has 2 aromatic heterocycles. The Morgan fingerprint density at radius 2 is 1.86 bits per heavy atom. The molecule has 6 rings (SSSR count). The van der Waals surface area contributed by atoms with Gasteiger partial charge in [0.05, 0.1) is 5.02 Å². The van der Waals surface area contributed by atoms with E-state index in [4.69, 9.17) is 16.3 Å². The normalized spacial score (nSPS) is 24.8. The average Bonchev–Trinajstić information content (AvgIpc) is 3.29. The van der Waals surface area contributed by atoms with E-state index in [1.54, 1.807) is 11.0 Å². The van der Waals surface area contributed by atoms with Gasteiger partial charge in [-0.3, -0.25) is 0 Å². The summed E-state index contributed by atoms with van der Waals surface area (Å²) in [4.78, 5) is 15.7. The van der Waals surface area contributed by atoms with Crippen molar-refractivity contribution in [3.05, 3.63) is 53.0 Å². The lowest BCUT2D eigenvalue weighted by Crippen LogP contribution is -2.43. The molecule has 7 nitrogen and oxygen atoms in total. The number of aryl methyl sites for hydroxylation is 1. The first-order valence-electron chi connectivity index (χ1n) is 12.7. The Kier molecular flexibility index (Phi) is 6.25. The van der Waals surface area contributed by atoms with Gasteiger partial charge in [0.1, 0.15) is 23.7 Å². The summed E-state index contributed by atoms with van der Waals surface area (Å²) < 4.78 is 48.0. The van der Waals surface area contributed by atoms with Crippen LogP contribution >= 0.6 is 11.6 Å². The number of benzene rings is 1. The summed E-state index contributed by atoms with van der Waals surface area (Å²) in [6.45, 7) is 4.11. The van der Waals surface area contributed by atoms with E-state index in [1.807, 2.05) is 13.0 Å². The molecule has 0 amide bonds. The molecule has 1 aliphatic heterocycles. The Bertz CT molecular complexity index is 1280. The van der Waals surface area contributed by atoms with Crippen LogP contribution in [0.3, 0.4) is 0 Å². The minimum Gasteiger partial charge on any atom is -0.424 e. The number of ether oxygens (including phenoxy) is 1. The summed E-state index contributed by atoms with van der Waals surface area (Å²) in [5.41, 5.74) is 0.952. The zero-order chi connectivity index (χ0) is 25.7. The van der Waals surface area contributed by atoms with Crippen molar-refractivity contribution in [3.63, 3.8) is 0 Å². The van der Waals surface area contributed by atoms with Gasteiger partial charge in [-0.15, -0.1) is 0 Å². The Morgan fingerprint density at radius 1 is 1.11 bits per heavy atom. The molecular weight excluding hydrogens is 505 g/mol. The van der Waals surface area contributed by atoms with Crippen LogP contribution in [0.2, 0.25) is 5.02 Å². The monoisotopic (exact) mass is 532 g/mol. The number of hydrogen-bond donors (Lipinski definition) is 0. The van der Waals surface area contributed by atoms with Crippen LogP contribution in [0.5, 0.6) is 11.8 Å². The highest BCUT2D eigenvalue weighted by molar-refractivity contribution is 6.30. The van der Waals surface area contributed by atoms with Crippen molar-refractivity contribution >= 4 is 17.4 Å². The van der Waals surface area contributed by atoms with Crippen molar-refractivity contribution in [1.82, 2.24) is 24.7 Å². The molecule has 196 valence electrons. The molecule has 0 radical (unpaired) electrons. The van der Waals surface area contributed by atoms with Crippen molar-refractivity contribution in [2.75, 3.05) is 18.0 Å². The molecule has 3 aliphatic rings. The van der Waals surface area contributed by atoms with Crippen LogP contribution in [0.15, 0.2) is 30.6 Å². The predicted molar refractivity (Wildman–Crippen MR) is 132 cm³/mol. The van der Waals surface area contributed by atoms with Gasteiger partial charge in [-0.1, -0.05) is 11.6 Å². The number of aromatic nitrogens is 5. The summed E-state index contributed by atoms with van der Waals surface area (Å²) in [7, 11) is 0. The fourth-order valence-electron chi connectivity index (χ4n) is 6.14. The Balaban J connectivity index is 1.20. The second-order valence-corrected chi connectivity index (χ2v) is 11.1. The molecule has 37 heavy (non-hydrogen) atoms. The highest BCUT2D eigenvalue weighted by Crippen LogP contribution is 2.45. The third kappa shape index (κ3) is 5.12. The van der Waals surface area contributed by atoms with Crippen molar-refractivity contribution in [3.8, 4) is 11.8 Å². The average molecular weight is 533 g/mol. The highest BCUT2D eigenvalue weighted by Gasteiger charge is 2.46. The Labute approximate surface area is 218 Å². The van der Waals surface area contributed by atoms with Crippen molar-refractivity contribution < 1.29 is 17.9 Å². The van der Waals surface area contributed by atoms with Gasteiger partial charge in [-0.2, -0.15) is 10.1 Å². The van der Waals surface area contributed by atoms with Crippen LogP contribution in [0.1, 0.15) is 37.2 Å². The molecule has 1 saturated heterocycles. The fraction of sp³-hybridized carbons (Fsp3) is 0.538. The van der Waals surface area contributed by atoms with Gasteiger partial charge in [-0.25, -0.2) is 27.8 Å². The number of hydrogen-bond acceptors (Lipinski definition) is 6. The van der Waals surface area contributed by atoms with E-state index in [-0.39, 0.29) is 29.8 Å². The maximum Gasteiger partial charge on any atom is 0.320 e. The number of piperidine rings is 1. The first-order valence-corrected chi connectivity index (χ1v) is 13.1. The zero-order valence-electron chi connectivity index (χ0n) is 20.5. The van der Waals surface area contributed by atoms with Gasteiger partial charge in [0, 0.05) is 56.7 Å². The van der Waals surface area contributed by atoms with Gasteiger partial charge < -0.3 is 9.64 Å². The largest absolute Gasteiger partial charge is 0.424 e. The van der Waals surface area contributed by atoms with Crippen LogP contribution in [-0.4, -0.2) is 43.7 Å². The summed E-state index contributed by atoms with van der Waals surface area (Å²) in [5.74, 6) is -0.0204. The number of nitrogens with zero attached hydrogens (tertiary/aromatic N) is 6. The topological polar surface area (TPSA) is 69.0 Å². The molecule has 2 aliphatic carbocycles. The molecule has 1 unspecified atom stereocenters. The maximum atomic E-state index is 13.6. The number of rotatable bonds is 7. The number of alkyl halides is 2. The maximum absolute atomic E-state index is 13.6. The van der Waals surface area contributed by atoms with Gasteiger partial charge >= 0.3 is 6.01 Å². The van der Waals surface area contributed by atoms with Crippen molar-refractivity contribution in [1.29, 1.82) is 0 Å².